The summed E-state index contributed by atoms with van der Waals surface area (Å²) in [6, 6.07) is 13.8. The molecule has 2 aromatic carbocycles. The Morgan fingerprint density at radius 1 is 0.692 bits per heavy atom. The Labute approximate surface area is 153 Å². The van der Waals surface area contributed by atoms with Crippen molar-refractivity contribution < 1.29 is 0 Å². The lowest BCUT2D eigenvalue weighted by Crippen LogP contribution is -2.39. The molecule has 26 heavy (non-hydrogen) atoms. The first kappa shape index (κ1) is 17.9. The molecular formula is C22H24N2O2. The summed E-state index contributed by atoms with van der Waals surface area (Å²) in [5, 5.41) is 0. The van der Waals surface area contributed by atoms with Gasteiger partial charge in [-0.15, -0.1) is 0 Å². The van der Waals surface area contributed by atoms with Gasteiger partial charge in [0.1, 0.15) is 0 Å². The summed E-state index contributed by atoms with van der Waals surface area (Å²) < 4.78 is 2.90. The van der Waals surface area contributed by atoms with Crippen LogP contribution >= 0.6 is 0 Å². The lowest BCUT2D eigenvalue weighted by Gasteiger charge is -2.12. The average molecular weight is 348 g/mol. The molecule has 3 rings (SSSR count). The maximum Gasteiger partial charge on any atom is 0.331 e. The van der Waals surface area contributed by atoms with Gasteiger partial charge in [-0.05, 0) is 38.8 Å². The van der Waals surface area contributed by atoms with Crippen molar-refractivity contribution in [3.8, 4) is 0 Å². The van der Waals surface area contributed by atoms with Crippen molar-refractivity contribution in [2.24, 2.45) is 0 Å². The predicted molar refractivity (Wildman–Crippen MR) is 105 cm³/mol. The fraction of sp³-hybridized carbons (Fsp3) is 0.273. The summed E-state index contributed by atoms with van der Waals surface area (Å²) >= 11 is 0. The molecule has 0 bridgehead atoms. The molecule has 1 aromatic heterocycles. The first-order chi connectivity index (χ1) is 12.3. The van der Waals surface area contributed by atoms with E-state index < -0.39 is 0 Å². The Bertz CT molecular complexity index is 1030. The Hall–Kier alpha value is -2.88. The second-order valence-electron chi connectivity index (χ2n) is 7.14. The van der Waals surface area contributed by atoms with Gasteiger partial charge in [-0.1, -0.05) is 58.7 Å². The first-order valence-electron chi connectivity index (χ1n) is 8.76. The van der Waals surface area contributed by atoms with Gasteiger partial charge in [0.05, 0.1) is 13.1 Å². The number of rotatable bonds is 4. The van der Waals surface area contributed by atoms with Crippen LogP contribution in [0.25, 0.3) is 0 Å². The average Bonchev–Trinajstić information content (AvgIpc) is 2.52. The summed E-state index contributed by atoms with van der Waals surface area (Å²) in [6.45, 7) is 8.86. The molecule has 0 radical (unpaired) electrons. The van der Waals surface area contributed by atoms with Crippen LogP contribution in [0.2, 0.25) is 0 Å². The largest absolute Gasteiger partial charge is 0.331 e. The third-order valence-electron chi connectivity index (χ3n) is 4.40. The van der Waals surface area contributed by atoms with Crippen LogP contribution in [0.15, 0.2) is 58.3 Å². The van der Waals surface area contributed by atoms with E-state index >= 15 is 0 Å². The predicted octanol–water partition coefficient (Wildman–Crippen LogP) is 3.34. The van der Waals surface area contributed by atoms with Crippen LogP contribution in [0.1, 0.15) is 33.4 Å². The van der Waals surface area contributed by atoms with E-state index in [2.05, 4.69) is 24.3 Å². The van der Waals surface area contributed by atoms with Crippen LogP contribution in [0.4, 0.5) is 0 Å². The van der Waals surface area contributed by atoms with Crippen LogP contribution in [-0.2, 0) is 13.1 Å². The highest BCUT2D eigenvalue weighted by atomic mass is 16.2. The lowest BCUT2D eigenvalue weighted by molar-refractivity contribution is 0.611. The van der Waals surface area contributed by atoms with Crippen LogP contribution in [0, 0.1) is 27.7 Å². The van der Waals surface area contributed by atoms with Gasteiger partial charge in [-0.3, -0.25) is 13.9 Å². The molecule has 0 aliphatic carbocycles. The second-order valence-corrected chi connectivity index (χ2v) is 7.14. The normalized spacial score (nSPS) is 10.9. The van der Waals surface area contributed by atoms with Gasteiger partial charge in [-0.25, -0.2) is 4.79 Å². The molecule has 0 unspecified atom stereocenters. The smallest absolute Gasteiger partial charge is 0.296 e. The molecule has 1 heterocycles. The molecule has 134 valence electrons. The molecule has 0 aliphatic rings. The van der Waals surface area contributed by atoms with Crippen molar-refractivity contribution in [3.05, 3.63) is 103 Å². The Kier molecular flexibility index (Phi) is 4.94. The summed E-state index contributed by atoms with van der Waals surface area (Å²) in [4.78, 5) is 25.1. The van der Waals surface area contributed by atoms with E-state index in [1.165, 1.54) is 10.6 Å². The minimum Gasteiger partial charge on any atom is -0.296 e. The molecule has 3 aromatic rings. The van der Waals surface area contributed by atoms with E-state index in [0.717, 1.165) is 33.4 Å². The highest BCUT2D eigenvalue weighted by Crippen LogP contribution is 2.11. The molecule has 4 nitrogen and oxygen atoms in total. The van der Waals surface area contributed by atoms with Crippen LogP contribution < -0.4 is 11.2 Å². The van der Waals surface area contributed by atoms with Crippen molar-refractivity contribution in [1.29, 1.82) is 0 Å². The van der Waals surface area contributed by atoms with E-state index in [-0.39, 0.29) is 17.8 Å². The van der Waals surface area contributed by atoms with E-state index in [1.807, 2.05) is 39.8 Å². The monoisotopic (exact) mass is 348 g/mol. The standard InChI is InChI=1S/C22H24N2O2/c1-15-7-16(2)10-19(9-15)13-23-6-5-21(25)24(22(23)26)14-20-11-17(3)8-18(4)12-20/h5-12H,13-14H2,1-4H3. The van der Waals surface area contributed by atoms with E-state index in [4.69, 9.17) is 0 Å². The van der Waals surface area contributed by atoms with E-state index in [0.29, 0.717) is 6.54 Å². The molecule has 0 atom stereocenters. The van der Waals surface area contributed by atoms with Crippen LogP contribution in [-0.4, -0.2) is 9.13 Å². The third-order valence-corrected chi connectivity index (χ3v) is 4.40. The summed E-state index contributed by atoms with van der Waals surface area (Å²) in [5.74, 6) is 0. The molecular weight excluding hydrogens is 324 g/mol. The van der Waals surface area contributed by atoms with E-state index in [1.54, 1.807) is 10.8 Å². The zero-order valence-electron chi connectivity index (χ0n) is 15.7. The number of aryl methyl sites for hydroxylation is 4. The maximum absolute atomic E-state index is 12.9. The highest BCUT2D eigenvalue weighted by molar-refractivity contribution is 5.29. The lowest BCUT2D eigenvalue weighted by atomic mass is 10.1. The Morgan fingerprint density at radius 2 is 1.15 bits per heavy atom. The summed E-state index contributed by atoms with van der Waals surface area (Å²) in [6.07, 6.45) is 1.58. The van der Waals surface area contributed by atoms with Gasteiger partial charge in [0, 0.05) is 12.3 Å². The third kappa shape index (κ3) is 4.02. The van der Waals surface area contributed by atoms with Gasteiger partial charge in [0.2, 0.25) is 0 Å². The maximum atomic E-state index is 12.9. The van der Waals surface area contributed by atoms with Gasteiger partial charge in [0.15, 0.2) is 0 Å². The molecule has 4 heteroatoms. The quantitative estimate of drug-likeness (QED) is 0.726. The SMILES string of the molecule is Cc1cc(C)cc(Cn2ccc(=O)n(Cc3cc(C)cc(C)c3)c2=O)c1. The van der Waals surface area contributed by atoms with Crippen LogP contribution in [0.3, 0.4) is 0 Å². The highest BCUT2D eigenvalue weighted by Gasteiger charge is 2.08. The fourth-order valence-electron chi connectivity index (χ4n) is 3.52. The Morgan fingerprint density at radius 3 is 1.65 bits per heavy atom. The summed E-state index contributed by atoms with van der Waals surface area (Å²) in [5.41, 5.74) is 6.04. The number of benzene rings is 2. The second kappa shape index (κ2) is 7.16. The number of aromatic nitrogens is 2. The topological polar surface area (TPSA) is 44.0 Å². The molecule has 0 saturated heterocycles. The number of hydrogen-bond acceptors (Lipinski definition) is 2. The zero-order chi connectivity index (χ0) is 18.8. The van der Waals surface area contributed by atoms with Crippen molar-refractivity contribution in [3.63, 3.8) is 0 Å². The Balaban J connectivity index is 1.98. The van der Waals surface area contributed by atoms with Gasteiger partial charge < -0.3 is 0 Å². The fourth-order valence-corrected chi connectivity index (χ4v) is 3.52. The van der Waals surface area contributed by atoms with Crippen molar-refractivity contribution in [1.82, 2.24) is 9.13 Å². The van der Waals surface area contributed by atoms with Gasteiger partial charge >= 0.3 is 5.69 Å². The molecule has 0 saturated carbocycles. The summed E-state index contributed by atoms with van der Waals surface area (Å²) in [7, 11) is 0. The molecule has 0 fully saturated rings. The van der Waals surface area contributed by atoms with Crippen LogP contribution in [0.5, 0.6) is 0 Å². The van der Waals surface area contributed by atoms with Crippen molar-refractivity contribution >= 4 is 0 Å². The van der Waals surface area contributed by atoms with Crippen molar-refractivity contribution in [2.45, 2.75) is 40.8 Å². The minimum absolute atomic E-state index is 0.272. The zero-order valence-corrected chi connectivity index (χ0v) is 15.7. The van der Waals surface area contributed by atoms with Crippen molar-refractivity contribution in [2.75, 3.05) is 0 Å². The van der Waals surface area contributed by atoms with E-state index in [9.17, 15) is 9.59 Å². The van der Waals surface area contributed by atoms with Gasteiger partial charge in [0.25, 0.3) is 5.56 Å². The molecule has 0 amide bonds. The molecule has 0 spiro atoms. The number of hydrogen-bond donors (Lipinski definition) is 0. The first-order valence-corrected chi connectivity index (χ1v) is 8.76. The minimum atomic E-state index is -0.282. The molecule has 0 aliphatic heterocycles. The molecule has 0 N–H and O–H groups in total. The van der Waals surface area contributed by atoms with Gasteiger partial charge in [-0.2, -0.15) is 0 Å². The number of nitrogens with zero attached hydrogens (tertiary/aromatic N) is 2.